The second kappa shape index (κ2) is 4.94. The SMILES string of the molecule is CN(CC(C)(C)O)S(=O)(=O)c1ccc(Cl)cc1. The van der Waals surface area contributed by atoms with Gasteiger partial charge in [0.15, 0.2) is 0 Å². The summed E-state index contributed by atoms with van der Waals surface area (Å²) in [5, 5.41) is 10.1. The van der Waals surface area contributed by atoms with E-state index in [-0.39, 0.29) is 11.4 Å². The number of halogens is 1. The third-order valence-electron chi connectivity index (χ3n) is 2.13. The van der Waals surface area contributed by atoms with Gasteiger partial charge in [-0.3, -0.25) is 0 Å². The second-order valence-corrected chi connectivity index (χ2v) is 7.01. The summed E-state index contributed by atoms with van der Waals surface area (Å²) >= 11 is 5.70. The van der Waals surface area contributed by atoms with Crippen molar-refractivity contribution in [2.45, 2.75) is 24.3 Å². The van der Waals surface area contributed by atoms with Crippen LogP contribution in [0.5, 0.6) is 0 Å². The van der Waals surface area contributed by atoms with Crippen LogP contribution in [0.1, 0.15) is 13.8 Å². The molecule has 0 spiro atoms. The first-order chi connectivity index (χ1) is 7.63. The predicted molar refractivity (Wildman–Crippen MR) is 67.6 cm³/mol. The van der Waals surface area contributed by atoms with Gasteiger partial charge >= 0.3 is 0 Å². The summed E-state index contributed by atoms with van der Waals surface area (Å²) in [7, 11) is -2.14. The van der Waals surface area contributed by atoms with Gasteiger partial charge in [0.1, 0.15) is 0 Å². The lowest BCUT2D eigenvalue weighted by Crippen LogP contribution is -2.39. The van der Waals surface area contributed by atoms with Gasteiger partial charge in [-0.25, -0.2) is 8.42 Å². The van der Waals surface area contributed by atoms with E-state index in [1.807, 2.05) is 0 Å². The second-order valence-electron chi connectivity index (χ2n) is 4.53. The van der Waals surface area contributed by atoms with E-state index in [4.69, 9.17) is 11.6 Å². The van der Waals surface area contributed by atoms with Crippen molar-refractivity contribution in [3.05, 3.63) is 29.3 Å². The van der Waals surface area contributed by atoms with E-state index in [0.29, 0.717) is 5.02 Å². The summed E-state index contributed by atoms with van der Waals surface area (Å²) in [6.07, 6.45) is 0. The molecule has 0 heterocycles. The summed E-state index contributed by atoms with van der Waals surface area (Å²) in [6.45, 7) is 3.14. The van der Waals surface area contributed by atoms with Crippen LogP contribution in [-0.4, -0.2) is 37.0 Å². The van der Waals surface area contributed by atoms with E-state index in [0.717, 1.165) is 4.31 Å². The molecule has 96 valence electrons. The highest BCUT2D eigenvalue weighted by Gasteiger charge is 2.26. The Labute approximate surface area is 107 Å². The number of aliphatic hydroxyl groups is 1. The molecular weight excluding hydrogens is 262 g/mol. The van der Waals surface area contributed by atoms with Crippen molar-refractivity contribution in [3.63, 3.8) is 0 Å². The molecule has 0 aliphatic rings. The average molecular weight is 278 g/mol. The van der Waals surface area contributed by atoms with Crippen molar-refractivity contribution in [2.24, 2.45) is 0 Å². The molecule has 0 unspecified atom stereocenters. The van der Waals surface area contributed by atoms with Gasteiger partial charge in [-0.2, -0.15) is 4.31 Å². The van der Waals surface area contributed by atoms with E-state index in [1.54, 1.807) is 13.8 Å². The molecule has 0 amide bonds. The lowest BCUT2D eigenvalue weighted by atomic mass is 10.1. The minimum atomic E-state index is -3.57. The minimum absolute atomic E-state index is 0.0258. The van der Waals surface area contributed by atoms with E-state index in [2.05, 4.69) is 0 Å². The van der Waals surface area contributed by atoms with E-state index in [1.165, 1.54) is 31.3 Å². The average Bonchev–Trinajstić information content (AvgIpc) is 2.15. The maximum absolute atomic E-state index is 12.1. The van der Waals surface area contributed by atoms with Gasteiger partial charge in [0.25, 0.3) is 0 Å². The van der Waals surface area contributed by atoms with Crippen molar-refractivity contribution >= 4 is 21.6 Å². The molecule has 0 bridgehead atoms. The van der Waals surface area contributed by atoms with Crippen LogP contribution in [0.15, 0.2) is 29.2 Å². The van der Waals surface area contributed by atoms with Crippen molar-refractivity contribution in [1.29, 1.82) is 0 Å². The van der Waals surface area contributed by atoms with E-state index >= 15 is 0 Å². The lowest BCUT2D eigenvalue weighted by Gasteiger charge is -2.25. The van der Waals surface area contributed by atoms with Gasteiger partial charge in [0.05, 0.1) is 10.5 Å². The first-order valence-electron chi connectivity index (χ1n) is 5.07. The van der Waals surface area contributed by atoms with Crippen molar-refractivity contribution in [3.8, 4) is 0 Å². The van der Waals surface area contributed by atoms with Gasteiger partial charge in [0.2, 0.25) is 10.0 Å². The Kier molecular flexibility index (Phi) is 4.19. The summed E-state index contributed by atoms with van der Waals surface area (Å²) in [4.78, 5) is 0.161. The zero-order chi connectivity index (χ0) is 13.3. The summed E-state index contributed by atoms with van der Waals surface area (Å²) in [5.74, 6) is 0. The molecule has 0 aliphatic heterocycles. The maximum Gasteiger partial charge on any atom is 0.242 e. The van der Waals surface area contributed by atoms with Crippen molar-refractivity contribution in [1.82, 2.24) is 4.31 Å². The molecule has 0 aliphatic carbocycles. The summed E-state index contributed by atoms with van der Waals surface area (Å²) < 4.78 is 25.3. The fourth-order valence-electron chi connectivity index (χ4n) is 1.42. The Morgan fingerprint density at radius 1 is 1.29 bits per heavy atom. The fourth-order valence-corrected chi connectivity index (χ4v) is 2.87. The Morgan fingerprint density at radius 2 is 1.76 bits per heavy atom. The Balaban J connectivity index is 2.99. The molecule has 6 heteroatoms. The van der Waals surface area contributed by atoms with Crippen molar-refractivity contribution < 1.29 is 13.5 Å². The molecular formula is C11H16ClNO3S. The molecule has 0 aromatic heterocycles. The van der Waals surface area contributed by atoms with Crippen LogP contribution >= 0.6 is 11.6 Å². The molecule has 0 radical (unpaired) electrons. The van der Waals surface area contributed by atoms with Crippen LogP contribution < -0.4 is 0 Å². The van der Waals surface area contributed by atoms with Crippen LogP contribution in [-0.2, 0) is 10.0 Å². The number of nitrogens with zero attached hydrogens (tertiary/aromatic N) is 1. The lowest BCUT2D eigenvalue weighted by molar-refractivity contribution is 0.0640. The molecule has 0 fully saturated rings. The number of hydrogen-bond acceptors (Lipinski definition) is 3. The number of benzene rings is 1. The highest BCUT2D eigenvalue weighted by Crippen LogP contribution is 2.18. The van der Waals surface area contributed by atoms with Crippen LogP contribution in [0.3, 0.4) is 0 Å². The molecule has 0 saturated carbocycles. The predicted octanol–water partition coefficient (Wildman–Crippen LogP) is 1.73. The number of hydrogen-bond donors (Lipinski definition) is 1. The van der Waals surface area contributed by atoms with Gasteiger partial charge in [0, 0.05) is 18.6 Å². The number of likely N-dealkylation sites (N-methyl/N-ethyl adjacent to an activating group) is 1. The topological polar surface area (TPSA) is 57.6 Å². The minimum Gasteiger partial charge on any atom is -0.389 e. The van der Waals surface area contributed by atoms with Crippen LogP contribution in [0.2, 0.25) is 5.02 Å². The third-order valence-corrected chi connectivity index (χ3v) is 4.20. The Morgan fingerprint density at radius 3 is 2.18 bits per heavy atom. The molecule has 17 heavy (non-hydrogen) atoms. The highest BCUT2D eigenvalue weighted by atomic mass is 35.5. The van der Waals surface area contributed by atoms with Gasteiger partial charge in [-0.15, -0.1) is 0 Å². The van der Waals surface area contributed by atoms with E-state index in [9.17, 15) is 13.5 Å². The zero-order valence-corrected chi connectivity index (χ0v) is 11.6. The molecule has 0 atom stereocenters. The first kappa shape index (κ1) is 14.4. The van der Waals surface area contributed by atoms with Gasteiger partial charge in [-0.1, -0.05) is 11.6 Å². The third kappa shape index (κ3) is 3.96. The Bertz CT molecular complexity index is 476. The van der Waals surface area contributed by atoms with E-state index < -0.39 is 15.6 Å². The molecule has 4 nitrogen and oxygen atoms in total. The number of rotatable bonds is 4. The largest absolute Gasteiger partial charge is 0.389 e. The number of sulfonamides is 1. The standard InChI is InChI=1S/C11H16ClNO3S/c1-11(2,14)8-13(3)17(15,16)10-6-4-9(12)5-7-10/h4-7,14H,8H2,1-3H3. The normalized spacial score (nSPS) is 13.1. The molecule has 1 N–H and O–H groups in total. The molecule has 1 aromatic carbocycles. The fraction of sp³-hybridized carbons (Fsp3) is 0.455. The monoisotopic (exact) mass is 277 g/mol. The first-order valence-corrected chi connectivity index (χ1v) is 6.89. The highest BCUT2D eigenvalue weighted by molar-refractivity contribution is 7.89. The zero-order valence-electron chi connectivity index (χ0n) is 10.0. The van der Waals surface area contributed by atoms with Crippen LogP contribution in [0.4, 0.5) is 0 Å². The molecule has 1 aromatic rings. The molecule has 1 rings (SSSR count). The quantitative estimate of drug-likeness (QED) is 0.912. The van der Waals surface area contributed by atoms with Crippen LogP contribution in [0, 0.1) is 0 Å². The summed E-state index contributed by atoms with van der Waals surface area (Å²) in [5.41, 5.74) is -1.08. The van der Waals surface area contributed by atoms with Gasteiger partial charge in [-0.05, 0) is 38.1 Å². The maximum atomic E-state index is 12.1. The summed E-state index contributed by atoms with van der Waals surface area (Å²) in [6, 6.07) is 5.93. The molecule has 0 saturated heterocycles. The van der Waals surface area contributed by atoms with Gasteiger partial charge < -0.3 is 5.11 Å². The van der Waals surface area contributed by atoms with Crippen molar-refractivity contribution in [2.75, 3.05) is 13.6 Å². The Hall–Kier alpha value is -0.620. The van der Waals surface area contributed by atoms with Crippen LogP contribution in [0.25, 0.3) is 0 Å². The smallest absolute Gasteiger partial charge is 0.242 e.